The summed E-state index contributed by atoms with van der Waals surface area (Å²) >= 11 is 0. The van der Waals surface area contributed by atoms with Gasteiger partial charge < -0.3 is 8.98 Å². The van der Waals surface area contributed by atoms with Crippen LogP contribution in [-0.4, -0.2) is 24.1 Å². The second-order valence-electron chi connectivity index (χ2n) is 12.9. The molecule has 11 rings (SSSR count). The van der Waals surface area contributed by atoms with Crippen molar-refractivity contribution >= 4 is 65.6 Å². The van der Waals surface area contributed by atoms with E-state index in [-0.39, 0.29) is 0 Å². The molecule has 0 aliphatic carbocycles. The molecule has 7 aromatic carbocycles. The monoisotopic (exact) mass is 653 g/mol. The average molecular weight is 654 g/mol. The number of aromatic nitrogens is 5. The molecule has 0 radical (unpaired) electrons. The van der Waals surface area contributed by atoms with Gasteiger partial charge in [-0.3, -0.25) is 4.57 Å². The van der Waals surface area contributed by atoms with Crippen molar-refractivity contribution in [3.8, 4) is 34.4 Å². The van der Waals surface area contributed by atoms with Crippen LogP contribution in [-0.2, 0) is 0 Å². The normalized spacial score (nSPS) is 11.9. The number of benzene rings is 7. The third-order valence-electron chi connectivity index (χ3n) is 9.98. The highest BCUT2D eigenvalue weighted by atomic mass is 16.3. The number of hydrogen-bond acceptors (Lipinski definition) is 4. The molecule has 6 heteroatoms. The Labute approximate surface area is 291 Å². The molecule has 0 bridgehead atoms. The lowest BCUT2D eigenvalue weighted by molar-refractivity contribution is 0.670. The van der Waals surface area contributed by atoms with E-state index in [1.54, 1.807) is 0 Å². The Morgan fingerprint density at radius 2 is 0.882 bits per heavy atom. The number of hydrogen-bond donors (Lipinski definition) is 0. The van der Waals surface area contributed by atoms with Gasteiger partial charge in [0, 0.05) is 55.2 Å². The number of fused-ring (bicyclic) bond motifs is 10. The Hall–Kier alpha value is -7.05. The molecule has 0 aliphatic rings. The lowest BCUT2D eigenvalue weighted by Gasteiger charge is -2.11. The molecular formula is C45H27N5O. The van der Waals surface area contributed by atoms with E-state index in [0.717, 1.165) is 71.6 Å². The first-order valence-corrected chi connectivity index (χ1v) is 17.0. The number of nitrogens with zero attached hydrogens (tertiary/aromatic N) is 5. The van der Waals surface area contributed by atoms with E-state index in [2.05, 4.69) is 112 Å². The van der Waals surface area contributed by atoms with Gasteiger partial charge in [0.2, 0.25) is 5.95 Å². The lowest BCUT2D eigenvalue weighted by atomic mass is 10.1. The van der Waals surface area contributed by atoms with Gasteiger partial charge in [-0.1, -0.05) is 121 Å². The predicted octanol–water partition coefficient (Wildman–Crippen LogP) is 11.3. The van der Waals surface area contributed by atoms with Gasteiger partial charge in [0.1, 0.15) is 11.1 Å². The van der Waals surface area contributed by atoms with Gasteiger partial charge in [-0.15, -0.1) is 0 Å². The fraction of sp³-hybridized carbons (Fsp3) is 0. The summed E-state index contributed by atoms with van der Waals surface area (Å²) in [6, 6.07) is 56.6. The van der Waals surface area contributed by atoms with Gasteiger partial charge in [0.15, 0.2) is 17.2 Å². The summed E-state index contributed by atoms with van der Waals surface area (Å²) in [5, 5.41) is 6.72. The van der Waals surface area contributed by atoms with Gasteiger partial charge in [0.05, 0.1) is 16.6 Å². The highest BCUT2D eigenvalue weighted by Gasteiger charge is 2.22. The van der Waals surface area contributed by atoms with Crippen LogP contribution in [0.5, 0.6) is 0 Å². The Balaban J connectivity index is 1.20. The van der Waals surface area contributed by atoms with Gasteiger partial charge in [-0.25, -0.2) is 4.98 Å². The third kappa shape index (κ3) is 4.14. The molecule has 11 aromatic rings. The molecule has 0 aliphatic heterocycles. The predicted molar refractivity (Wildman–Crippen MR) is 207 cm³/mol. The second-order valence-corrected chi connectivity index (χ2v) is 12.9. The van der Waals surface area contributed by atoms with Crippen LogP contribution in [0.25, 0.3) is 100.0 Å². The van der Waals surface area contributed by atoms with Crippen LogP contribution in [0.15, 0.2) is 168 Å². The fourth-order valence-electron chi connectivity index (χ4n) is 7.72. The maximum Gasteiger partial charge on any atom is 0.238 e. The van der Waals surface area contributed by atoms with E-state index in [9.17, 15) is 0 Å². The second kappa shape index (κ2) is 10.7. The molecule has 6 nitrogen and oxygen atoms in total. The summed E-state index contributed by atoms with van der Waals surface area (Å²) in [6.45, 7) is 0. The van der Waals surface area contributed by atoms with Crippen LogP contribution in [0.2, 0.25) is 0 Å². The zero-order valence-corrected chi connectivity index (χ0v) is 27.2. The van der Waals surface area contributed by atoms with Gasteiger partial charge in [0.25, 0.3) is 0 Å². The van der Waals surface area contributed by atoms with Crippen molar-refractivity contribution in [1.29, 1.82) is 0 Å². The molecule has 0 N–H and O–H groups in total. The topological polar surface area (TPSA) is 61.7 Å². The molecule has 0 unspecified atom stereocenters. The van der Waals surface area contributed by atoms with Crippen LogP contribution in [0.4, 0.5) is 0 Å². The van der Waals surface area contributed by atoms with Gasteiger partial charge >= 0.3 is 0 Å². The molecule has 4 aromatic heterocycles. The summed E-state index contributed by atoms with van der Waals surface area (Å²) in [7, 11) is 0. The van der Waals surface area contributed by atoms with E-state index in [1.165, 1.54) is 10.8 Å². The Morgan fingerprint density at radius 1 is 0.392 bits per heavy atom. The maximum absolute atomic E-state index is 6.94. The minimum atomic E-state index is 0.535. The quantitative estimate of drug-likeness (QED) is 0.190. The Bertz CT molecular complexity index is 3030. The zero-order chi connectivity index (χ0) is 33.5. The van der Waals surface area contributed by atoms with Crippen molar-refractivity contribution in [3.05, 3.63) is 164 Å². The number of furan rings is 1. The molecule has 0 atom stereocenters. The summed E-state index contributed by atoms with van der Waals surface area (Å²) in [4.78, 5) is 15.2. The molecule has 0 amide bonds. The van der Waals surface area contributed by atoms with Crippen molar-refractivity contribution in [2.45, 2.75) is 0 Å². The first-order valence-electron chi connectivity index (χ1n) is 17.0. The minimum Gasteiger partial charge on any atom is -0.454 e. The van der Waals surface area contributed by atoms with Crippen LogP contribution >= 0.6 is 0 Å². The van der Waals surface area contributed by atoms with Gasteiger partial charge in [-0.2, -0.15) is 9.97 Å². The highest BCUT2D eigenvalue weighted by molar-refractivity contribution is 6.21. The lowest BCUT2D eigenvalue weighted by Crippen LogP contribution is -2.06. The molecule has 0 saturated carbocycles. The Morgan fingerprint density at radius 3 is 1.49 bits per heavy atom. The van der Waals surface area contributed by atoms with E-state index < -0.39 is 0 Å². The first-order chi connectivity index (χ1) is 25.3. The van der Waals surface area contributed by atoms with Crippen molar-refractivity contribution in [3.63, 3.8) is 0 Å². The van der Waals surface area contributed by atoms with Crippen LogP contribution < -0.4 is 0 Å². The largest absolute Gasteiger partial charge is 0.454 e. The van der Waals surface area contributed by atoms with Crippen LogP contribution in [0.3, 0.4) is 0 Å². The summed E-state index contributed by atoms with van der Waals surface area (Å²) in [5.74, 6) is 1.75. The number of rotatable bonds is 4. The zero-order valence-electron chi connectivity index (χ0n) is 27.2. The molecule has 0 fully saturated rings. The van der Waals surface area contributed by atoms with Crippen LogP contribution in [0, 0.1) is 0 Å². The number of para-hydroxylation sites is 3. The van der Waals surface area contributed by atoms with Crippen molar-refractivity contribution in [2.24, 2.45) is 0 Å². The third-order valence-corrected chi connectivity index (χ3v) is 9.98. The smallest absolute Gasteiger partial charge is 0.238 e. The minimum absolute atomic E-state index is 0.535. The fourth-order valence-corrected chi connectivity index (χ4v) is 7.72. The maximum atomic E-state index is 6.94. The van der Waals surface area contributed by atoms with E-state index in [4.69, 9.17) is 19.4 Å². The van der Waals surface area contributed by atoms with E-state index >= 15 is 0 Å². The molecule has 0 saturated heterocycles. The standard InChI is InChI=1S/C45H27N5O/c1-3-13-28(14-4-1)43-46-44(29-15-5-2-6-16-29)48-45(47-43)50-39-22-12-9-19-33(39)35-25-26-36-34-24-23-30(27-40(34)51-42(36)41(35)50)49-37-20-10-7-17-31(37)32-18-8-11-21-38(32)49/h1-27H. The molecule has 0 spiro atoms. The van der Waals surface area contributed by atoms with E-state index in [1.807, 2.05) is 60.7 Å². The SMILES string of the molecule is c1ccc(-c2nc(-c3ccccc3)nc(-n3c4ccccc4c4ccc5c6ccc(-n7c8ccccc8c8ccccc87)cc6oc5c43)n2)cc1. The van der Waals surface area contributed by atoms with Gasteiger partial charge in [-0.05, 0) is 36.4 Å². The van der Waals surface area contributed by atoms with E-state index in [0.29, 0.717) is 17.6 Å². The van der Waals surface area contributed by atoms with Crippen molar-refractivity contribution in [1.82, 2.24) is 24.1 Å². The molecule has 51 heavy (non-hydrogen) atoms. The summed E-state index contributed by atoms with van der Waals surface area (Å²) in [5.41, 5.74) is 8.75. The van der Waals surface area contributed by atoms with Crippen molar-refractivity contribution < 1.29 is 4.42 Å². The summed E-state index contributed by atoms with van der Waals surface area (Å²) in [6.07, 6.45) is 0. The summed E-state index contributed by atoms with van der Waals surface area (Å²) < 4.78 is 11.4. The first kappa shape index (κ1) is 27.9. The molecular weight excluding hydrogens is 627 g/mol. The molecule has 4 heterocycles. The van der Waals surface area contributed by atoms with Crippen molar-refractivity contribution in [2.75, 3.05) is 0 Å². The molecule has 238 valence electrons. The Kier molecular flexibility index (Phi) is 5.86. The average Bonchev–Trinajstić information content (AvgIpc) is 3.86. The highest BCUT2D eigenvalue weighted by Crippen LogP contribution is 2.41. The van der Waals surface area contributed by atoms with Crippen LogP contribution in [0.1, 0.15) is 0 Å².